The second kappa shape index (κ2) is 4.44. The molecule has 6 heteroatoms. The van der Waals surface area contributed by atoms with Gasteiger partial charge in [0.15, 0.2) is 0 Å². The lowest BCUT2D eigenvalue weighted by molar-refractivity contribution is 0.758. The summed E-state index contributed by atoms with van der Waals surface area (Å²) in [6, 6.07) is 7.45. The van der Waals surface area contributed by atoms with Gasteiger partial charge in [0.2, 0.25) is 5.95 Å². The van der Waals surface area contributed by atoms with Crippen LogP contribution in [0, 0.1) is 0 Å². The number of hydrogen-bond acceptors (Lipinski definition) is 5. The van der Waals surface area contributed by atoms with Crippen molar-refractivity contribution in [1.82, 2.24) is 15.3 Å². The smallest absolute Gasteiger partial charge is 0.222 e. The molecule has 0 saturated carbocycles. The summed E-state index contributed by atoms with van der Waals surface area (Å²) in [5, 5.41) is 7.18. The van der Waals surface area contributed by atoms with E-state index in [4.69, 9.17) is 17.3 Å². The lowest BCUT2D eigenvalue weighted by atomic mass is 10.2. The van der Waals surface area contributed by atoms with Crippen LogP contribution in [-0.2, 0) is 13.1 Å². The normalized spacial score (nSPS) is 13.4. The second-order valence-electron chi connectivity index (χ2n) is 4.09. The molecule has 3 rings (SSSR count). The SMILES string of the molecule is Nc1nc2c(c(Nc3ccc(Cl)cc3)n1)CNC2. The minimum absolute atomic E-state index is 0.286. The molecule has 0 bridgehead atoms. The first-order valence-corrected chi connectivity index (χ1v) is 5.99. The van der Waals surface area contributed by atoms with Crippen LogP contribution in [0.25, 0.3) is 0 Å². The number of rotatable bonds is 2. The maximum absolute atomic E-state index is 5.85. The van der Waals surface area contributed by atoms with Gasteiger partial charge in [0, 0.05) is 29.4 Å². The molecule has 0 fully saturated rings. The number of hydrogen-bond donors (Lipinski definition) is 3. The molecule has 1 aromatic heterocycles. The van der Waals surface area contributed by atoms with Crippen molar-refractivity contribution in [2.45, 2.75) is 13.1 Å². The number of fused-ring (bicyclic) bond motifs is 1. The molecule has 0 saturated heterocycles. The topological polar surface area (TPSA) is 75.9 Å². The Morgan fingerprint density at radius 3 is 2.72 bits per heavy atom. The molecule has 92 valence electrons. The van der Waals surface area contributed by atoms with Gasteiger partial charge in [0.25, 0.3) is 0 Å². The van der Waals surface area contributed by atoms with E-state index in [9.17, 15) is 0 Å². The predicted molar refractivity (Wildman–Crippen MR) is 71.7 cm³/mol. The monoisotopic (exact) mass is 261 g/mol. The summed E-state index contributed by atoms with van der Waals surface area (Å²) in [6.45, 7) is 1.49. The molecule has 1 aliphatic rings. The number of benzene rings is 1. The van der Waals surface area contributed by atoms with Crippen LogP contribution in [0.4, 0.5) is 17.5 Å². The van der Waals surface area contributed by atoms with Gasteiger partial charge >= 0.3 is 0 Å². The van der Waals surface area contributed by atoms with Gasteiger partial charge in [-0.05, 0) is 24.3 Å². The zero-order chi connectivity index (χ0) is 12.5. The first kappa shape index (κ1) is 11.3. The van der Waals surface area contributed by atoms with Crippen LogP contribution in [0.15, 0.2) is 24.3 Å². The Hall–Kier alpha value is -1.85. The fraction of sp³-hybridized carbons (Fsp3) is 0.167. The van der Waals surface area contributed by atoms with Crippen LogP contribution in [0.5, 0.6) is 0 Å². The van der Waals surface area contributed by atoms with Crippen LogP contribution >= 0.6 is 11.6 Å². The maximum atomic E-state index is 5.85. The minimum Gasteiger partial charge on any atom is -0.368 e. The highest BCUT2D eigenvalue weighted by Gasteiger charge is 2.18. The van der Waals surface area contributed by atoms with Crippen LogP contribution in [0.1, 0.15) is 11.3 Å². The standard InChI is InChI=1S/C12H12ClN5/c13-7-1-3-8(4-2-7)16-11-9-5-15-6-10(9)17-12(14)18-11/h1-4,15H,5-6H2,(H3,14,16,17,18). The van der Waals surface area contributed by atoms with E-state index in [1.165, 1.54) is 0 Å². The van der Waals surface area contributed by atoms with Crippen LogP contribution in [-0.4, -0.2) is 9.97 Å². The molecular weight excluding hydrogens is 250 g/mol. The van der Waals surface area contributed by atoms with Crippen LogP contribution < -0.4 is 16.4 Å². The molecule has 0 radical (unpaired) electrons. The van der Waals surface area contributed by atoms with Gasteiger partial charge in [0.1, 0.15) is 5.82 Å². The van der Waals surface area contributed by atoms with E-state index in [-0.39, 0.29) is 5.95 Å². The minimum atomic E-state index is 0.286. The summed E-state index contributed by atoms with van der Waals surface area (Å²) in [5.41, 5.74) is 8.65. The number of nitrogens with one attached hydrogen (secondary N) is 2. The molecule has 18 heavy (non-hydrogen) atoms. The van der Waals surface area contributed by atoms with Crippen molar-refractivity contribution in [1.29, 1.82) is 0 Å². The zero-order valence-corrected chi connectivity index (χ0v) is 10.3. The number of anilines is 3. The summed E-state index contributed by atoms with van der Waals surface area (Å²) in [4.78, 5) is 8.46. The van der Waals surface area contributed by atoms with Gasteiger partial charge in [-0.2, -0.15) is 4.98 Å². The average Bonchev–Trinajstić information content (AvgIpc) is 2.80. The summed E-state index contributed by atoms with van der Waals surface area (Å²) < 4.78 is 0. The van der Waals surface area contributed by atoms with Gasteiger partial charge in [-0.15, -0.1) is 0 Å². The second-order valence-corrected chi connectivity index (χ2v) is 4.53. The third-order valence-corrected chi connectivity index (χ3v) is 3.06. The van der Waals surface area contributed by atoms with E-state index in [1.807, 2.05) is 24.3 Å². The Labute approximate surface area is 109 Å². The summed E-state index contributed by atoms with van der Waals surface area (Å²) in [6.07, 6.45) is 0. The van der Waals surface area contributed by atoms with Crippen LogP contribution in [0.2, 0.25) is 5.02 Å². The first-order chi connectivity index (χ1) is 8.72. The zero-order valence-electron chi connectivity index (χ0n) is 9.57. The molecule has 1 aliphatic heterocycles. The molecule has 2 heterocycles. The van der Waals surface area contributed by atoms with E-state index in [1.54, 1.807) is 0 Å². The molecule has 0 amide bonds. The highest BCUT2D eigenvalue weighted by molar-refractivity contribution is 6.30. The van der Waals surface area contributed by atoms with Crippen molar-refractivity contribution >= 4 is 29.1 Å². The Morgan fingerprint density at radius 1 is 1.17 bits per heavy atom. The fourth-order valence-electron chi connectivity index (χ4n) is 1.96. The summed E-state index contributed by atoms with van der Waals surface area (Å²) >= 11 is 5.85. The van der Waals surface area contributed by atoms with E-state index >= 15 is 0 Å². The molecule has 0 atom stereocenters. The predicted octanol–water partition coefficient (Wildman–Crippen LogP) is 2.06. The van der Waals surface area contributed by atoms with Crippen molar-refractivity contribution in [2.75, 3.05) is 11.1 Å². The fourth-order valence-corrected chi connectivity index (χ4v) is 2.09. The Morgan fingerprint density at radius 2 is 1.94 bits per heavy atom. The maximum Gasteiger partial charge on any atom is 0.222 e. The van der Waals surface area contributed by atoms with Gasteiger partial charge in [-0.25, -0.2) is 4.98 Å². The molecular formula is C12H12ClN5. The van der Waals surface area contributed by atoms with Gasteiger partial charge in [-0.3, -0.25) is 0 Å². The lowest BCUT2D eigenvalue weighted by Crippen LogP contribution is -2.05. The molecule has 1 aromatic carbocycles. The Bertz CT molecular complexity index is 582. The third kappa shape index (κ3) is 2.10. The van der Waals surface area contributed by atoms with E-state index in [0.717, 1.165) is 35.9 Å². The number of nitrogens with two attached hydrogens (primary N) is 1. The summed E-state index contributed by atoms with van der Waals surface area (Å²) in [7, 11) is 0. The third-order valence-electron chi connectivity index (χ3n) is 2.81. The molecule has 0 unspecified atom stereocenters. The van der Waals surface area contributed by atoms with Crippen LogP contribution in [0.3, 0.4) is 0 Å². The van der Waals surface area contributed by atoms with Crippen molar-refractivity contribution in [3.63, 3.8) is 0 Å². The van der Waals surface area contributed by atoms with Crippen molar-refractivity contribution in [3.05, 3.63) is 40.5 Å². The van der Waals surface area contributed by atoms with Gasteiger partial charge in [0.05, 0.1) is 5.69 Å². The van der Waals surface area contributed by atoms with E-state index in [2.05, 4.69) is 20.6 Å². The van der Waals surface area contributed by atoms with Gasteiger partial charge < -0.3 is 16.4 Å². The summed E-state index contributed by atoms with van der Waals surface area (Å²) in [5.74, 6) is 1.04. The Kier molecular flexibility index (Phi) is 2.77. The molecule has 0 aliphatic carbocycles. The van der Waals surface area contributed by atoms with Crippen molar-refractivity contribution in [2.24, 2.45) is 0 Å². The van der Waals surface area contributed by atoms with E-state index < -0.39 is 0 Å². The lowest BCUT2D eigenvalue weighted by Gasteiger charge is -2.10. The van der Waals surface area contributed by atoms with Crippen molar-refractivity contribution < 1.29 is 0 Å². The molecule has 2 aromatic rings. The highest BCUT2D eigenvalue weighted by atomic mass is 35.5. The number of halogens is 1. The molecule has 4 N–H and O–H groups in total. The van der Waals surface area contributed by atoms with Gasteiger partial charge in [-0.1, -0.05) is 11.6 Å². The Balaban J connectivity index is 1.95. The number of nitrogens with zero attached hydrogens (tertiary/aromatic N) is 2. The molecule has 0 spiro atoms. The molecule has 5 nitrogen and oxygen atoms in total. The van der Waals surface area contributed by atoms with Crippen molar-refractivity contribution in [3.8, 4) is 0 Å². The highest BCUT2D eigenvalue weighted by Crippen LogP contribution is 2.25. The number of nitrogen functional groups attached to an aromatic ring is 1. The number of aromatic nitrogens is 2. The van der Waals surface area contributed by atoms with E-state index in [0.29, 0.717) is 5.02 Å². The largest absolute Gasteiger partial charge is 0.368 e. The quantitative estimate of drug-likeness (QED) is 0.772. The average molecular weight is 262 g/mol. The first-order valence-electron chi connectivity index (χ1n) is 5.61.